The Bertz CT molecular complexity index is 760. The molecule has 0 N–H and O–H groups in total. The Hall–Kier alpha value is -1.94. The maximum Gasteiger partial charge on any atom is 0.141 e. The second-order valence-electron chi connectivity index (χ2n) is 4.45. The van der Waals surface area contributed by atoms with E-state index in [1.54, 1.807) is 6.20 Å². The fourth-order valence-electron chi connectivity index (χ4n) is 1.99. The molecule has 1 aromatic heterocycles. The summed E-state index contributed by atoms with van der Waals surface area (Å²) in [7, 11) is 0. The number of benzene rings is 2. The fourth-order valence-corrected chi connectivity index (χ4v) is 2.36. The molecule has 0 atom stereocenters. The molecule has 0 aliphatic rings. The molecule has 0 fully saturated rings. The van der Waals surface area contributed by atoms with Gasteiger partial charge < -0.3 is 4.74 Å². The van der Waals surface area contributed by atoms with Crippen LogP contribution in [0.3, 0.4) is 0 Å². The highest BCUT2D eigenvalue weighted by atomic mass is 79.9. The largest absolute Gasteiger partial charge is 0.489 e. The molecule has 2 aromatic carbocycles. The molecule has 2 nitrogen and oxygen atoms in total. The van der Waals surface area contributed by atoms with Crippen LogP contribution in [-0.2, 0) is 6.61 Å². The van der Waals surface area contributed by atoms with E-state index in [0.717, 1.165) is 21.0 Å². The third kappa shape index (κ3) is 2.96. The van der Waals surface area contributed by atoms with Crippen molar-refractivity contribution in [3.05, 3.63) is 70.7 Å². The molecule has 100 valence electrons. The van der Waals surface area contributed by atoms with Crippen LogP contribution in [0.4, 0.5) is 4.39 Å². The molecule has 3 aromatic rings. The number of hydrogen-bond donors (Lipinski definition) is 0. The summed E-state index contributed by atoms with van der Waals surface area (Å²) in [5, 5.41) is 2.24. The number of halogens is 2. The third-order valence-corrected chi connectivity index (χ3v) is 3.43. The molecule has 4 heteroatoms. The van der Waals surface area contributed by atoms with Gasteiger partial charge in [-0.15, -0.1) is 0 Å². The normalized spacial score (nSPS) is 10.7. The Balaban J connectivity index is 1.79. The van der Waals surface area contributed by atoms with Gasteiger partial charge in [0, 0.05) is 16.2 Å². The lowest BCUT2D eigenvalue weighted by Gasteiger charge is -2.07. The Kier molecular flexibility index (Phi) is 3.65. The van der Waals surface area contributed by atoms with Crippen molar-refractivity contribution >= 4 is 26.7 Å². The Labute approximate surface area is 124 Å². The topological polar surface area (TPSA) is 22.1 Å². The number of nitrogens with zero attached hydrogens (tertiary/aromatic N) is 1. The monoisotopic (exact) mass is 331 g/mol. The third-order valence-electron chi connectivity index (χ3n) is 2.94. The smallest absolute Gasteiger partial charge is 0.141 e. The van der Waals surface area contributed by atoms with Crippen molar-refractivity contribution in [1.29, 1.82) is 0 Å². The SMILES string of the molecule is Fc1cncc(COc2ccc3cc(Br)ccc3c2)c1. The van der Waals surface area contributed by atoms with E-state index >= 15 is 0 Å². The lowest BCUT2D eigenvalue weighted by Crippen LogP contribution is -1.96. The van der Waals surface area contributed by atoms with Crippen molar-refractivity contribution in [3.63, 3.8) is 0 Å². The number of aromatic nitrogens is 1. The first-order chi connectivity index (χ1) is 9.70. The van der Waals surface area contributed by atoms with Crippen molar-refractivity contribution in [2.24, 2.45) is 0 Å². The van der Waals surface area contributed by atoms with Crippen LogP contribution in [0.2, 0.25) is 0 Å². The van der Waals surface area contributed by atoms with Gasteiger partial charge in [-0.1, -0.05) is 28.1 Å². The summed E-state index contributed by atoms with van der Waals surface area (Å²) in [6, 6.07) is 13.4. The highest BCUT2D eigenvalue weighted by molar-refractivity contribution is 9.10. The molecule has 0 spiro atoms. The minimum absolute atomic E-state index is 0.298. The van der Waals surface area contributed by atoms with Gasteiger partial charge in [0.1, 0.15) is 18.2 Å². The molecule has 20 heavy (non-hydrogen) atoms. The van der Waals surface area contributed by atoms with Crippen LogP contribution in [0, 0.1) is 5.82 Å². The average Bonchev–Trinajstić information content (AvgIpc) is 2.45. The van der Waals surface area contributed by atoms with Gasteiger partial charge in [0.2, 0.25) is 0 Å². The van der Waals surface area contributed by atoms with Gasteiger partial charge in [0.15, 0.2) is 0 Å². The number of pyridine rings is 1. The van der Waals surface area contributed by atoms with Crippen molar-refractivity contribution in [1.82, 2.24) is 4.98 Å². The summed E-state index contributed by atoms with van der Waals surface area (Å²) < 4.78 is 19.7. The summed E-state index contributed by atoms with van der Waals surface area (Å²) in [6.07, 6.45) is 2.78. The van der Waals surface area contributed by atoms with Crippen LogP contribution in [0.15, 0.2) is 59.3 Å². The van der Waals surface area contributed by atoms with Crippen molar-refractivity contribution in [2.75, 3.05) is 0 Å². The molecule has 0 saturated carbocycles. The van der Waals surface area contributed by atoms with E-state index in [2.05, 4.69) is 27.0 Å². The molecular weight excluding hydrogens is 321 g/mol. The van der Waals surface area contributed by atoms with Gasteiger partial charge in [0.05, 0.1) is 6.20 Å². The van der Waals surface area contributed by atoms with Gasteiger partial charge in [0.25, 0.3) is 0 Å². The van der Waals surface area contributed by atoms with Crippen molar-refractivity contribution in [3.8, 4) is 5.75 Å². The molecule has 0 unspecified atom stereocenters. The average molecular weight is 332 g/mol. The number of ether oxygens (including phenoxy) is 1. The summed E-state index contributed by atoms with van der Waals surface area (Å²) in [6.45, 7) is 0.298. The van der Waals surface area contributed by atoms with Gasteiger partial charge >= 0.3 is 0 Å². The summed E-state index contributed by atoms with van der Waals surface area (Å²) in [4.78, 5) is 3.80. The zero-order chi connectivity index (χ0) is 13.9. The fraction of sp³-hybridized carbons (Fsp3) is 0.0625. The highest BCUT2D eigenvalue weighted by Gasteiger charge is 2.01. The summed E-state index contributed by atoms with van der Waals surface area (Å²) >= 11 is 3.45. The van der Waals surface area contributed by atoms with Gasteiger partial charge in [-0.2, -0.15) is 0 Å². The highest BCUT2D eigenvalue weighted by Crippen LogP contribution is 2.24. The van der Waals surface area contributed by atoms with E-state index in [9.17, 15) is 4.39 Å². The second-order valence-corrected chi connectivity index (χ2v) is 5.37. The Morgan fingerprint density at radius 3 is 2.65 bits per heavy atom. The zero-order valence-corrected chi connectivity index (χ0v) is 12.1. The lowest BCUT2D eigenvalue weighted by atomic mass is 10.1. The van der Waals surface area contributed by atoms with Crippen LogP contribution < -0.4 is 4.74 Å². The van der Waals surface area contributed by atoms with E-state index in [0.29, 0.717) is 12.2 Å². The van der Waals surface area contributed by atoms with E-state index in [-0.39, 0.29) is 5.82 Å². The van der Waals surface area contributed by atoms with Gasteiger partial charge in [-0.25, -0.2) is 4.39 Å². The quantitative estimate of drug-likeness (QED) is 0.693. The second kappa shape index (κ2) is 5.59. The molecule has 3 rings (SSSR count). The van der Waals surface area contributed by atoms with E-state index in [1.165, 1.54) is 12.3 Å². The standard InChI is InChI=1S/C16H11BrFNO/c17-14-3-1-13-7-16(4-2-12(13)6-14)20-10-11-5-15(18)9-19-8-11/h1-9H,10H2. The molecule has 1 heterocycles. The van der Waals surface area contributed by atoms with Crippen molar-refractivity contribution in [2.45, 2.75) is 6.61 Å². The Morgan fingerprint density at radius 2 is 1.80 bits per heavy atom. The first kappa shape index (κ1) is 13.1. The zero-order valence-electron chi connectivity index (χ0n) is 10.5. The first-order valence-electron chi connectivity index (χ1n) is 6.12. The maximum absolute atomic E-state index is 13.0. The Morgan fingerprint density at radius 1 is 1.00 bits per heavy atom. The first-order valence-corrected chi connectivity index (χ1v) is 6.91. The van der Waals surface area contributed by atoms with Crippen LogP contribution in [-0.4, -0.2) is 4.98 Å². The van der Waals surface area contributed by atoms with Gasteiger partial charge in [-0.05, 0) is 41.1 Å². The van der Waals surface area contributed by atoms with E-state index in [4.69, 9.17) is 4.74 Å². The van der Waals surface area contributed by atoms with Crippen LogP contribution in [0.5, 0.6) is 5.75 Å². The molecule has 0 aliphatic carbocycles. The molecule has 0 bridgehead atoms. The summed E-state index contributed by atoms with van der Waals surface area (Å²) in [5.41, 5.74) is 0.709. The lowest BCUT2D eigenvalue weighted by molar-refractivity contribution is 0.305. The molecular formula is C16H11BrFNO. The van der Waals surface area contributed by atoms with E-state index < -0.39 is 0 Å². The predicted molar refractivity (Wildman–Crippen MR) is 80.2 cm³/mol. The van der Waals surface area contributed by atoms with Crippen LogP contribution in [0.25, 0.3) is 10.8 Å². The predicted octanol–water partition coefficient (Wildman–Crippen LogP) is 4.72. The van der Waals surface area contributed by atoms with Gasteiger partial charge in [-0.3, -0.25) is 4.98 Å². The molecule has 0 amide bonds. The minimum atomic E-state index is -0.352. The van der Waals surface area contributed by atoms with Crippen molar-refractivity contribution < 1.29 is 9.13 Å². The number of hydrogen-bond acceptors (Lipinski definition) is 2. The molecule has 0 radical (unpaired) electrons. The maximum atomic E-state index is 13.0. The van der Waals surface area contributed by atoms with Crippen LogP contribution in [0.1, 0.15) is 5.56 Å². The van der Waals surface area contributed by atoms with E-state index in [1.807, 2.05) is 30.3 Å². The van der Waals surface area contributed by atoms with Crippen LogP contribution >= 0.6 is 15.9 Å². The minimum Gasteiger partial charge on any atom is -0.489 e. The molecule has 0 saturated heterocycles. The molecule has 0 aliphatic heterocycles. The number of fused-ring (bicyclic) bond motifs is 1. The summed E-state index contributed by atoms with van der Waals surface area (Å²) in [5.74, 6) is 0.401. The number of rotatable bonds is 3.